The van der Waals surface area contributed by atoms with Gasteiger partial charge in [0, 0.05) is 0 Å². The van der Waals surface area contributed by atoms with Gasteiger partial charge in [0.2, 0.25) is 0 Å². The molecular weight excluding hydrogens is 322 g/mol. The highest BCUT2D eigenvalue weighted by Gasteiger charge is 2.55. The zero-order valence-corrected chi connectivity index (χ0v) is 14.2. The Hall–Kier alpha value is -1.96. The molecule has 7 heteroatoms. The molecule has 3 aliphatic rings. The Bertz CT molecular complexity index is 689. The number of urea groups is 1. The van der Waals surface area contributed by atoms with Gasteiger partial charge in [0.25, 0.3) is 5.91 Å². The Morgan fingerprint density at radius 3 is 2.84 bits per heavy atom. The van der Waals surface area contributed by atoms with Crippen molar-refractivity contribution in [1.29, 1.82) is 0 Å². The molecule has 1 aromatic carbocycles. The lowest BCUT2D eigenvalue weighted by Crippen LogP contribution is -3.15. The van der Waals surface area contributed by atoms with Crippen LogP contribution in [-0.4, -0.2) is 67.4 Å². The molecule has 1 aliphatic carbocycles. The Balaban J connectivity index is 1.47. The van der Waals surface area contributed by atoms with Gasteiger partial charge in [-0.1, -0.05) is 24.3 Å². The fourth-order valence-electron chi connectivity index (χ4n) is 4.23. The van der Waals surface area contributed by atoms with Crippen LogP contribution in [0.2, 0.25) is 0 Å². The van der Waals surface area contributed by atoms with E-state index in [1.54, 1.807) is 0 Å². The number of benzene rings is 1. The molecule has 2 heterocycles. The Morgan fingerprint density at radius 2 is 2.04 bits per heavy atom. The van der Waals surface area contributed by atoms with Gasteiger partial charge >= 0.3 is 6.03 Å². The van der Waals surface area contributed by atoms with Crippen LogP contribution in [0.3, 0.4) is 0 Å². The number of nitrogens with zero attached hydrogens (tertiary/aromatic N) is 1. The Labute approximate surface area is 146 Å². The first-order valence-corrected chi connectivity index (χ1v) is 8.92. The second-order valence-electron chi connectivity index (χ2n) is 7.13. The van der Waals surface area contributed by atoms with Crippen LogP contribution in [0.25, 0.3) is 0 Å². The highest BCUT2D eigenvalue weighted by molar-refractivity contribution is 6.08. The van der Waals surface area contributed by atoms with Gasteiger partial charge in [-0.05, 0) is 24.0 Å². The van der Waals surface area contributed by atoms with Crippen molar-refractivity contribution in [3.63, 3.8) is 0 Å². The maximum absolute atomic E-state index is 13.0. The highest BCUT2D eigenvalue weighted by atomic mass is 16.5. The van der Waals surface area contributed by atoms with Gasteiger partial charge in [-0.2, -0.15) is 0 Å². The molecule has 0 unspecified atom stereocenters. The predicted octanol–water partition coefficient (Wildman–Crippen LogP) is -1.34. The summed E-state index contributed by atoms with van der Waals surface area (Å²) in [6.45, 7) is 3.61. The molecule has 3 N–H and O–H groups in total. The van der Waals surface area contributed by atoms with Crippen molar-refractivity contribution >= 4 is 11.9 Å². The first-order chi connectivity index (χ1) is 12.1. The van der Waals surface area contributed by atoms with E-state index in [1.165, 1.54) is 9.80 Å². The van der Waals surface area contributed by atoms with Crippen LogP contribution < -0.4 is 10.2 Å². The van der Waals surface area contributed by atoms with Crippen molar-refractivity contribution in [3.05, 3.63) is 35.4 Å². The number of β-amino-alcohol motifs (C(OH)–C–C–N with tert-alkyl or cyclic N) is 1. The minimum absolute atomic E-state index is 0.0406. The number of aryl methyl sites for hydroxylation is 1. The van der Waals surface area contributed by atoms with Gasteiger partial charge in [0.05, 0.1) is 19.8 Å². The molecule has 1 aromatic rings. The molecule has 0 bridgehead atoms. The smallest absolute Gasteiger partial charge is 0.325 e. The number of fused-ring (bicyclic) bond motifs is 2. The molecule has 3 amide bonds. The van der Waals surface area contributed by atoms with E-state index >= 15 is 0 Å². The average Bonchev–Trinajstić information content (AvgIpc) is 3.10. The van der Waals surface area contributed by atoms with E-state index in [4.69, 9.17) is 4.74 Å². The van der Waals surface area contributed by atoms with Gasteiger partial charge in [0.1, 0.15) is 31.3 Å². The summed E-state index contributed by atoms with van der Waals surface area (Å²) in [5.41, 5.74) is 1.06. The van der Waals surface area contributed by atoms with Crippen molar-refractivity contribution in [3.8, 4) is 0 Å². The zero-order valence-electron chi connectivity index (χ0n) is 14.2. The van der Waals surface area contributed by atoms with Crippen LogP contribution in [0.5, 0.6) is 0 Å². The lowest BCUT2D eigenvalue weighted by molar-refractivity contribution is -0.910. The van der Waals surface area contributed by atoms with Crippen LogP contribution in [-0.2, 0) is 21.5 Å². The number of imide groups is 1. The third-order valence-corrected chi connectivity index (χ3v) is 5.54. The number of rotatable bonds is 4. The third kappa shape index (κ3) is 2.82. The summed E-state index contributed by atoms with van der Waals surface area (Å²) in [5, 5.41) is 13.3. The summed E-state index contributed by atoms with van der Waals surface area (Å²) in [5.74, 6) is -0.238. The summed E-state index contributed by atoms with van der Waals surface area (Å²) in [4.78, 5) is 27.9. The van der Waals surface area contributed by atoms with E-state index in [2.05, 4.69) is 5.32 Å². The quantitative estimate of drug-likeness (QED) is 0.589. The van der Waals surface area contributed by atoms with Crippen molar-refractivity contribution in [2.75, 3.05) is 39.4 Å². The third-order valence-electron chi connectivity index (χ3n) is 5.54. The lowest BCUT2D eigenvalue weighted by atomic mass is 9.92. The maximum Gasteiger partial charge on any atom is 0.325 e. The average molecular weight is 346 g/mol. The fraction of sp³-hybridized carbons (Fsp3) is 0.556. The minimum Gasteiger partial charge on any atom is -0.385 e. The number of hydrogen-bond acceptors (Lipinski definition) is 4. The zero-order chi connectivity index (χ0) is 17.4. The molecule has 4 rings (SSSR count). The monoisotopic (exact) mass is 346 g/mol. The van der Waals surface area contributed by atoms with Gasteiger partial charge in [0.15, 0.2) is 0 Å². The Morgan fingerprint density at radius 1 is 1.28 bits per heavy atom. The second-order valence-corrected chi connectivity index (χ2v) is 7.13. The predicted molar refractivity (Wildman–Crippen MR) is 89.1 cm³/mol. The number of aliphatic hydroxyl groups is 1. The van der Waals surface area contributed by atoms with Crippen LogP contribution in [0, 0.1) is 0 Å². The van der Waals surface area contributed by atoms with E-state index in [0.29, 0.717) is 26.2 Å². The number of amides is 3. The van der Waals surface area contributed by atoms with Crippen molar-refractivity contribution in [2.45, 2.75) is 24.5 Å². The van der Waals surface area contributed by atoms with E-state index < -0.39 is 17.7 Å². The number of carbonyl (C=O) groups is 2. The molecule has 134 valence electrons. The van der Waals surface area contributed by atoms with E-state index in [0.717, 1.165) is 30.6 Å². The molecule has 0 radical (unpaired) electrons. The first-order valence-electron chi connectivity index (χ1n) is 8.92. The summed E-state index contributed by atoms with van der Waals surface area (Å²) in [7, 11) is 0. The van der Waals surface area contributed by atoms with E-state index in [1.807, 2.05) is 24.3 Å². The standard InChI is InChI=1S/C18H23N3O4/c22-14(11-20-7-9-25-10-8-20)12-21-16(23)18(19-17(21)24)6-5-13-3-1-2-4-15(13)18/h1-4,14,22H,5-12H2,(H,19,24)/p+1/t14-,18-/m0/s1. The van der Waals surface area contributed by atoms with Crippen LogP contribution in [0.1, 0.15) is 17.5 Å². The summed E-state index contributed by atoms with van der Waals surface area (Å²) in [6.07, 6.45) is 0.629. The van der Waals surface area contributed by atoms with E-state index in [-0.39, 0.29) is 12.5 Å². The molecule has 1 spiro atoms. The van der Waals surface area contributed by atoms with Crippen LogP contribution in [0.4, 0.5) is 4.79 Å². The Kier molecular flexibility index (Phi) is 4.23. The number of hydrogen-bond donors (Lipinski definition) is 3. The van der Waals surface area contributed by atoms with Crippen molar-refractivity contribution in [2.24, 2.45) is 0 Å². The van der Waals surface area contributed by atoms with Gasteiger partial charge < -0.3 is 20.1 Å². The molecule has 0 aromatic heterocycles. The van der Waals surface area contributed by atoms with E-state index in [9.17, 15) is 14.7 Å². The molecule has 2 aliphatic heterocycles. The first kappa shape index (κ1) is 16.5. The van der Waals surface area contributed by atoms with Gasteiger partial charge in [-0.3, -0.25) is 9.69 Å². The highest BCUT2D eigenvalue weighted by Crippen LogP contribution is 2.41. The normalized spacial score (nSPS) is 27.6. The van der Waals surface area contributed by atoms with Crippen LogP contribution >= 0.6 is 0 Å². The lowest BCUT2D eigenvalue weighted by Gasteiger charge is -2.27. The number of aliphatic hydroxyl groups excluding tert-OH is 1. The second kappa shape index (κ2) is 6.40. The molecular formula is C18H24N3O4+. The summed E-state index contributed by atoms with van der Waals surface area (Å²) in [6, 6.07) is 7.36. The van der Waals surface area contributed by atoms with Crippen LogP contribution in [0.15, 0.2) is 24.3 Å². The van der Waals surface area contributed by atoms with Crippen molar-refractivity contribution in [1.82, 2.24) is 10.2 Å². The molecule has 2 atom stereocenters. The van der Waals surface area contributed by atoms with Crippen molar-refractivity contribution < 1.29 is 24.3 Å². The number of nitrogens with one attached hydrogen (secondary N) is 2. The molecule has 7 nitrogen and oxygen atoms in total. The number of ether oxygens (including phenoxy) is 1. The maximum atomic E-state index is 13.0. The SMILES string of the molecule is O=C1N[C@]2(CCc3ccccc32)C(=O)N1C[C@@H](O)C[NH+]1CCOCC1. The van der Waals surface area contributed by atoms with Gasteiger partial charge in [-0.25, -0.2) is 4.79 Å². The minimum atomic E-state index is -0.945. The molecule has 25 heavy (non-hydrogen) atoms. The number of morpholine rings is 1. The molecule has 2 saturated heterocycles. The molecule has 0 saturated carbocycles. The number of quaternary nitrogens is 1. The largest absolute Gasteiger partial charge is 0.385 e. The topological polar surface area (TPSA) is 83.3 Å². The summed E-state index contributed by atoms with van der Waals surface area (Å²) < 4.78 is 5.31. The van der Waals surface area contributed by atoms with Gasteiger partial charge in [-0.15, -0.1) is 0 Å². The fourth-order valence-corrected chi connectivity index (χ4v) is 4.23. The molecule has 2 fully saturated rings. The number of carbonyl (C=O) groups excluding carboxylic acids is 2. The summed E-state index contributed by atoms with van der Waals surface area (Å²) >= 11 is 0.